The van der Waals surface area contributed by atoms with Crippen molar-refractivity contribution in [3.05, 3.63) is 47.8 Å². The number of nitrogens with zero attached hydrogens (tertiary/aromatic N) is 2. The van der Waals surface area contributed by atoms with Crippen molar-refractivity contribution in [1.29, 1.82) is 0 Å². The molecule has 5 heteroatoms. The standard InChI is InChI=1S/C13H16N4O/c1-17-12(6-7-16-17)9-15-11-4-2-10(3-5-11)8-13(14)18/h2-7,15H,8-9H2,1H3,(H2,14,18). The van der Waals surface area contributed by atoms with E-state index in [1.54, 1.807) is 6.20 Å². The third-order valence-corrected chi connectivity index (χ3v) is 2.73. The fourth-order valence-electron chi connectivity index (χ4n) is 1.71. The molecule has 0 atom stereocenters. The fraction of sp³-hybridized carbons (Fsp3) is 0.231. The molecule has 0 radical (unpaired) electrons. The number of rotatable bonds is 5. The van der Waals surface area contributed by atoms with Crippen molar-refractivity contribution in [2.45, 2.75) is 13.0 Å². The average molecular weight is 244 g/mol. The molecule has 0 bridgehead atoms. The van der Waals surface area contributed by atoms with E-state index in [2.05, 4.69) is 10.4 Å². The third-order valence-electron chi connectivity index (χ3n) is 2.73. The van der Waals surface area contributed by atoms with E-state index in [4.69, 9.17) is 5.73 Å². The summed E-state index contributed by atoms with van der Waals surface area (Å²) in [5, 5.41) is 7.39. The van der Waals surface area contributed by atoms with Crippen LogP contribution < -0.4 is 11.1 Å². The Hall–Kier alpha value is -2.30. The molecule has 1 amide bonds. The van der Waals surface area contributed by atoms with Gasteiger partial charge in [-0.3, -0.25) is 9.48 Å². The van der Waals surface area contributed by atoms with Crippen molar-refractivity contribution in [2.24, 2.45) is 12.8 Å². The molecule has 1 heterocycles. The van der Waals surface area contributed by atoms with E-state index >= 15 is 0 Å². The molecule has 0 aliphatic carbocycles. The lowest BCUT2D eigenvalue weighted by atomic mass is 10.1. The van der Waals surface area contributed by atoms with Gasteiger partial charge in [-0.05, 0) is 23.8 Å². The second kappa shape index (κ2) is 5.35. The van der Waals surface area contributed by atoms with E-state index in [1.807, 2.05) is 42.1 Å². The molecule has 0 saturated carbocycles. The molecule has 2 rings (SSSR count). The first kappa shape index (κ1) is 12.2. The molecule has 0 aliphatic heterocycles. The zero-order chi connectivity index (χ0) is 13.0. The van der Waals surface area contributed by atoms with Crippen molar-refractivity contribution in [3.63, 3.8) is 0 Å². The summed E-state index contributed by atoms with van der Waals surface area (Å²) in [5.74, 6) is -0.314. The highest BCUT2D eigenvalue weighted by Gasteiger charge is 2.00. The van der Waals surface area contributed by atoms with Crippen LogP contribution in [0.5, 0.6) is 0 Å². The van der Waals surface area contributed by atoms with Gasteiger partial charge in [0.1, 0.15) is 0 Å². The number of hydrogen-bond acceptors (Lipinski definition) is 3. The molecule has 0 aliphatic rings. The fourth-order valence-corrected chi connectivity index (χ4v) is 1.71. The number of carbonyl (C=O) groups is 1. The first-order valence-corrected chi connectivity index (χ1v) is 5.73. The quantitative estimate of drug-likeness (QED) is 0.826. The van der Waals surface area contributed by atoms with Gasteiger partial charge in [0.25, 0.3) is 0 Å². The number of carbonyl (C=O) groups excluding carboxylic acids is 1. The molecule has 0 saturated heterocycles. The molecule has 18 heavy (non-hydrogen) atoms. The van der Waals surface area contributed by atoms with Gasteiger partial charge in [0.15, 0.2) is 0 Å². The number of benzene rings is 1. The number of hydrogen-bond donors (Lipinski definition) is 2. The average Bonchev–Trinajstić information content (AvgIpc) is 2.73. The van der Waals surface area contributed by atoms with Gasteiger partial charge < -0.3 is 11.1 Å². The molecule has 5 nitrogen and oxygen atoms in total. The number of nitrogens with one attached hydrogen (secondary N) is 1. The molecule has 0 fully saturated rings. The molecule has 2 aromatic rings. The Morgan fingerprint density at radius 1 is 1.33 bits per heavy atom. The Morgan fingerprint density at radius 2 is 2.06 bits per heavy atom. The van der Waals surface area contributed by atoms with Crippen molar-refractivity contribution < 1.29 is 4.79 Å². The van der Waals surface area contributed by atoms with E-state index in [9.17, 15) is 4.79 Å². The van der Waals surface area contributed by atoms with Crippen molar-refractivity contribution in [1.82, 2.24) is 9.78 Å². The molecule has 1 aromatic heterocycles. The van der Waals surface area contributed by atoms with Crippen LogP contribution in [0, 0.1) is 0 Å². The van der Waals surface area contributed by atoms with Gasteiger partial charge in [-0.1, -0.05) is 12.1 Å². The minimum Gasteiger partial charge on any atom is -0.379 e. The van der Waals surface area contributed by atoms with Gasteiger partial charge in [0.05, 0.1) is 18.7 Å². The van der Waals surface area contributed by atoms with Crippen molar-refractivity contribution >= 4 is 11.6 Å². The summed E-state index contributed by atoms with van der Waals surface area (Å²) in [7, 11) is 1.91. The van der Waals surface area contributed by atoms with E-state index in [1.165, 1.54) is 0 Å². The molecule has 0 unspecified atom stereocenters. The van der Waals surface area contributed by atoms with Gasteiger partial charge >= 0.3 is 0 Å². The van der Waals surface area contributed by atoms with Gasteiger partial charge in [0, 0.05) is 18.9 Å². The Labute approximate surface area is 106 Å². The third kappa shape index (κ3) is 3.10. The molecular formula is C13H16N4O. The molecule has 1 aromatic carbocycles. The highest BCUT2D eigenvalue weighted by Crippen LogP contribution is 2.11. The maximum atomic E-state index is 10.8. The number of aromatic nitrogens is 2. The normalized spacial score (nSPS) is 10.3. The first-order valence-electron chi connectivity index (χ1n) is 5.73. The van der Waals surface area contributed by atoms with Crippen LogP contribution in [0.4, 0.5) is 5.69 Å². The highest BCUT2D eigenvalue weighted by atomic mass is 16.1. The smallest absolute Gasteiger partial charge is 0.221 e. The summed E-state index contributed by atoms with van der Waals surface area (Å²) in [6, 6.07) is 9.64. The summed E-state index contributed by atoms with van der Waals surface area (Å²) in [4.78, 5) is 10.8. The lowest BCUT2D eigenvalue weighted by Crippen LogP contribution is -2.13. The molecular weight excluding hydrogens is 228 g/mol. The van der Waals surface area contributed by atoms with Crippen LogP contribution in [0.2, 0.25) is 0 Å². The summed E-state index contributed by atoms with van der Waals surface area (Å²) < 4.78 is 1.83. The Balaban J connectivity index is 1.94. The van der Waals surface area contributed by atoms with Gasteiger partial charge in [0.2, 0.25) is 5.91 Å². The second-order valence-electron chi connectivity index (χ2n) is 4.14. The van der Waals surface area contributed by atoms with Crippen molar-refractivity contribution in [3.8, 4) is 0 Å². The topological polar surface area (TPSA) is 72.9 Å². The minimum atomic E-state index is -0.314. The van der Waals surface area contributed by atoms with E-state index in [0.717, 1.165) is 16.9 Å². The van der Waals surface area contributed by atoms with Crippen LogP contribution in [-0.4, -0.2) is 15.7 Å². The van der Waals surface area contributed by atoms with Crippen LogP contribution in [0.25, 0.3) is 0 Å². The molecule has 94 valence electrons. The van der Waals surface area contributed by atoms with E-state index in [0.29, 0.717) is 6.54 Å². The zero-order valence-corrected chi connectivity index (χ0v) is 10.3. The summed E-state index contributed by atoms with van der Waals surface area (Å²) in [6.07, 6.45) is 2.05. The largest absolute Gasteiger partial charge is 0.379 e. The van der Waals surface area contributed by atoms with Crippen LogP contribution in [-0.2, 0) is 24.8 Å². The summed E-state index contributed by atoms with van der Waals surface area (Å²) in [5.41, 5.74) is 8.17. The predicted octanol–water partition coefficient (Wildman–Crippen LogP) is 1.06. The number of aryl methyl sites for hydroxylation is 1. The zero-order valence-electron chi connectivity index (χ0n) is 10.3. The predicted molar refractivity (Wildman–Crippen MR) is 69.9 cm³/mol. The van der Waals surface area contributed by atoms with Gasteiger partial charge in [-0.2, -0.15) is 5.10 Å². The summed E-state index contributed by atoms with van der Waals surface area (Å²) >= 11 is 0. The maximum Gasteiger partial charge on any atom is 0.221 e. The van der Waals surface area contributed by atoms with Crippen LogP contribution >= 0.6 is 0 Å². The Bertz CT molecular complexity index is 530. The molecule has 0 spiro atoms. The Kier molecular flexibility index (Phi) is 3.62. The van der Waals surface area contributed by atoms with Gasteiger partial charge in [-0.15, -0.1) is 0 Å². The number of anilines is 1. The first-order chi connectivity index (χ1) is 8.65. The van der Waals surface area contributed by atoms with Crippen LogP contribution in [0.3, 0.4) is 0 Å². The lowest BCUT2D eigenvalue weighted by Gasteiger charge is -2.07. The highest BCUT2D eigenvalue weighted by molar-refractivity contribution is 5.76. The van der Waals surface area contributed by atoms with Crippen LogP contribution in [0.15, 0.2) is 36.5 Å². The monoisotopic (exact) mass is 244 g/mol. The minimum absolute atomic E-state index is 0.280. The lowest BCUT2D eigenvalue weighted by molar-refractivity contribution is -0.117. The van der Waals surface area contributed by atoms with Crippen LogP contribution in [0.1, 0.15) is 11.3 Å². The van der Waals surface area contributed by atoms with E-state index in [-0.39, 0.29) is 12.3 Å². The van der Waals surface area contributed by atoms with Crippen molar-refractivity contribution in [2.75, 3.05) is 5.32 Å². The Morgan fingerprint density at radius 3 is 2.61 bits per heavy atom. The number of nitrogens with two attached hydrogens (primary N) is 1. The maximum absolute atomic E-state index is 10.8. The number of primary amides is 1. The van der Waals surface area contributed by atoms with E-state index < -0.39 is 0 Å². The molecule has 3 N–H and O–H groups in total. The second-order valence-corrected chi connectivity index (χ2v) is 4.14. The van der Waals surface area contributed by atoms with Gasteiger partial charge in [-0.25, -0.2) is 0 Å². The summed E-state index contributed by atoms with van der Waals surface area (Å²) in [6.45, 7) is 0.714. The number of amides is 1. The SMILES string of the molecule is Cn1nccc1CNc1ccc(CC(N)=O)cc1.